The standard InChI is InChI=1S/C15H33NO3/c1-12(2)9-7-5-3-4-6-8-10-14(18)15(19)13(16)11-17/h12-15,17-19H,3-11,16H2,1-2H3/t13-,14+,15-/m0/s1. The quantitative estimate of drug-likeness (QED) is 0.409. The van der Waals surface area contributed by atoms with Crippen molar-refractivity contribution in [3.8, 4) is 0 Å². The van der Waals surface area contributed by atoms with E-state index in [0.29, 0.717) is 6.42 Å². The van der Waals surface area contributed by atoms with Crippen LogP contribution < -0.4 is 5.73 Å². The van der Waals surface area contributed by atoms with Gasteiger partial charge in [0.1, 0.15) is 0 Å². The Morgan fingerprint density at radius 3 is 1.79 bits per heavy atom. The lowest BCUT2D eigenvalue weighted by molar-refractivity contribution is -0.0121. The average molecular weight is 275 g/mol. The molecule has 0 heterocycles. The van der Waals surface area contributed by atoms with E-state index in [1.165, 1.54) is 32.1 Å². The fraction of sp³-hybridized carbons (Fsp3) is 1.00. The Morgan fingerprint density at radius 2 is 1.32 bits per heavy atom. The normalized spacial score (nSPS) is 16.6. The first kappa shape index (κ1) is 18.8. The lowest BCUT2D eigenvalue weighted by atomic mass is 9.99. The van der Waals surface area contributed by atoms with Crippen molar-refractivity contribution in [3.05, 3.63) is 0 Å². The van der Waals surface area contributed by atoms with Gasteiger partial charge >= 0.3 is 0 Å². The third-order valence-corrected chi connectivity index (χ3v) is 3.58. The largest absolute Gasteiger partial charge is 0.395 e. The fourth-order valence-electron chi connectivity index (χ4n) is 2.18. The van der Waals surface area contributed by atoms with Gasteiger partial charge < -0.3 is 21.1 Å². The minimum Gasteiger partial charge on any atom is -0.395 e. The molecule has 0 spiro atoms. The Balaban J connectivity index is 3.39. The van der Waals surface area contributed by atoms with Crippen molar-refractivity contribution in [2.45, 2.75) is 83.5 Å². The van der Waals surface area contributed by atoms with Gasteiger partial charge in [0.05, 0.1) is 24.9 Å². The predicted octanol–water partition coefficient (Wildman–Crippen LogP) is 1.80. The van der Waals surface area contributed by atoms with Gasteiger partial charge in [-0.15, -0.1) is 0 Å². The highest BCUT2D eigenvalue weighted by molar-refractivity contribution is 4.77. The number of nitrogens with two attached hydrogens (primary N) is 1. The van der Waals surface area contributed by atoms with Crippen molar-refractivity contribution in [3.63, 3.8) is 0 Å². The van der Waals surface area contributed by atoms with Crippen LogP contribution in [0.1, 0.15) is 65.2 Å². The molecule has 0 radical (unpaired) electrons. The van der Waals surface area contributed by atoms with E-state index in [1.807, 2.05) is 0 Å². The van der Waals surface area contributed by atoms with E-state index in [9.17, 15) is 10.2 Å². The lowest BCUT2D eigenvalue weighted by Crippen LogP contribution is -2.45. The zero-order chi connectivity index (χ0) is 14.7. The zero-order valence-corrected chi connectivity index (χ0v) is 12.6. The van der Waals surface area contributed by atoms with E-state index in [2.05, 4.69) is 13.8 Å². The van der Waals surface area contributed by atoms with Crippen LogP contribution >= 0.6 is 0 Å². The van der Waals surface area contributed by atoms with Crippen LogP contribution in [0.4, 0.5) is 0 Å². The molecule has 0 fully saturated rings. The average Bonchev–Trinajstić information content (AvgIpc) is 2.39. The molecule has 4 nitrogen and oxygen atoms in total. The highest BCUT2D eigenvalue weighted by Gasteiger charge is 2.22. The summed E-state index contributed by atoms with van der Waals surface area (Å²) in [5.74, 6) is 0.798. The van der Waals surface area contributed by atoms with Crippen LogP contribution in [0.15, 0.2) is 0 Å². The van der Waals surface area contributed by atoms with Gasteiger partial charge in [0, 0.05) is 0 Å². The third kappa shape index (κ3) is 10.3. The van der Waals surface area contributed by atoms with Gasteiger partial charge in [-0.1, -0.05) is 58.8 Å². The molecule has 4 heteroatoms. The van der Waals surface area contributed by atoms with Gasteiger partial charge in [-0.25, -0.2) is 0 Å². The Morgan fingerprint density at radius 1 is 0.842 bits per heavy atom. The Kier molecular flexibility index (Phi) is 11.6. The molecule has 0 unspecified atom stereocenters. The summed E-state index contributed by atoms with van der Waals surface area (Å²) in [5, 5.41) is 28.0. The van der Waals surface area contributed by atoms with Crippen LogP contribution in [0.25, 0.3) is 0 Å². The minimum atomic E-state index is -1.02. The van der Waals surface area contributed by atoms with Crippen LogP contribution in [0.2, 0.25) is 0 Å². The molecule has 0 aliphatic rings. The van der Waals surface area contributed by atoms with Gasteiger partial charge in [0.15, 0.2) is 0 Å². The van der Waals surface area contributed by atoms with E-state index < -0.39 is 18.2 Å². The first-order valence-electron chi connectivity index (χ1n) is 7.71. The van der Waals surface area contributed by atoms with Crippen molar-refractivity contribution >= 4 is 0 Å². The Labute approximate surface area is 118 Å². The van der Waals surface area contributed by atoms with E-state index in [0.717, 1.165) is 18.8 Å². The highest BCUT2D eigenvalue weighted by atomic mass is 16.3. The minimum absolute atomic E-state index is 0.298. The van der Waals surface area contributed by atoms with Crippen LogP contribution in [0.5, 0.6) is 0 Å². The van der Waals surface area contributed by atoms with Gasteiger partial charge in [0.2, 0.25) is 0 Å². The number of aliphatic hydroxyl groups is 3. The van der Waals surface area contributed by atoms with E-state index >= 15 is 0 Å². The van der Waals surface area contributed by atoms with Crippen molar-refractivity contribution in [2.24, 2.45) is 11.7 Å². The lowest BCUT2D eigenvalue weighted by Gasteiger charge is -2.22. The second-order valence-electron chi connectivity index (χ2n) is 6.00. The number of rotatable bonds is 12. The summed E-state index contributed by atoms with van der Waals surface area (Å²) < 4.78 is 0. The van der Waals surface area contributed by atoms with Crippen molar-refractivity contribution in [1.82, 2.24) is 0 Å². The van der Waals surface area contributed by atoms with Gasteiger partial charge in [0.25, 0.3) is 0 Å². The summed E-state index contributed by atoms with van der Waals surface area (Å²) in [6.07, 6.45) is 7.06. The summed E-state index contributed by atoms with van der Waals surface area (Å²) in [6.45, 7) is 4.21. The van der Waals surface area contributed by atoms with Crippen molar-refractivity contribution in [1.29, 1.82) is 0 Å². The molecule has 0 aliphatic carbocycles. The smallest absolute Gasteiger partial charge is 0.0971 e. The molecule has 0 aliphatic heterocycles. The Hall–Kier alpha value is -0.160. The molecule has 0 saturated carbocycles. The molecule has 3 atom stereocenters. The maximum absolute atomic E-state index is 9.68. The highest BCUT2D eigenvalue weighted by Crippen LogP contribution is 2.13. The van der Waals surface area contributed by atoms with Crippen LogP contribution in [-0.2, 0) is 0 Å². The number of hydrogen-bond acceptors (Lipinski definition) is 4. The number of hydrogen-bond donors (Lipinski definition) is 4. The fourth-order valence-corrected chi connectivity index (χ4v) is 2.18. The molecule has 116 valence electrons. The molecule has 0 aromatic heterocycles. The monoisotopic (exact) mass is 275 g/mol. The maximum atomic E-state index is 9.68. The second kappa shape index (κ2) is 11.6. The summed E-state index contributed by atoms with van der Waals surface area (Å²) >= 11 is 0. The molecule has 0 rings (SSSR count). The topological polar surface area (TPSA) is 86.7 Å². The molecule has 0 aromatic rings. The molecule has 0 aromatic carbocycles. The van der Waals surface area contributed by atoms with Crippen LogP contribution in [0.3, 0.4) is 0 Å². The van der Waals surface area contributed by atoms with Crippen molar-refractivity contribution < 1.29 is 15.3 Å². The van der Waals surface area contributed by atoms with Gasteiger partial charge in [-0.05, 0) is 12.3 Å². The van der Waals surface area contributed by atoms with E-state index in [-0.39, 0.29) is 6.61 Å². The van der Waals surface area contributed by atoms with Gasteiger partial charge in [-0.3, -0.25) is 0 Å². The molecular weight excluding hydrogens is 242 g/mol. The first-order valence-corrected chi connectivity index (χ1v) is 7.71. The third-order valence-electron chi connectivity index (χ3n) is 3.58. The molecule has 0 amide bonds. The zero-order valence-electron chi connectivity index (χ0n) is 12.6. The number of unbranched alkanes of at least 4 members (excludes halogenated alkanes) is 5. The number of aliphatic hydroxyl groups excluding tert-OH is 3. The van der Waals surface area contributed by atoms with Crippen LogP contribution in [-0.4, -0.2) is 40.2 Å². The van der Waals surface area contributed by atoms with Gasteiger partial charge in [-0.2, -0.15) is 0 Å². The summed E-state index contributed by atoms with van der Waals surface area (Å²) in [5.41, 5.74) is 5.47. The molecular formula is C15H33NO3. The second-order valence-corrected chi connectivity index (χ2v) is 6.00. The molecule has 0 saturated heterocycles. The van der Waals surface area contributed by atoms with Crippen molar-refractivity contribution in [2.75, 3.05) is 6.61 Å². The summed E-state index contributed by atoms with van der Waals surface area (Å²) in [7, 11) is 0. The van der Waals surface area contributed by atoms with Crippen LogP contribution in [0, 0.1) is 5.92 Å². The predicted molar refractivity (Wildman–Crippen MR) is 78.8 cm³/mol. The Bertz CT molecular complexity index is 200. The summed E-state index contributed by atoms with van der Waals surface area (Å²) in [4.78, 5) is 0. The maximum Gasteiger partial charge on any atom is 0.0971 e. The molecule has 19 heavy (non-hydrogen) atoms. The first-order chi connectivity index (χ1) is 8.99. The molecule has 5 N–H and O–H groups in total. The SMILES string of the molecule is CC(C)CCCCCCCC[C@@H](O)[C@@H](O)[C@@H](N)CO. The molecule has 0 bridgehead atoms. The van der Waals surface area contributed by atoms with E-state index in [1.54, 1.807) is 0 Å². The van der Waals surface area contributed by atoms with E-state index in [4.69, 9.17) is 10.8 Å². The summed E-state index contributed by atoms with van der Waals surface area (Å²) in [6, 6.07) is -0.744.